The van der Waals surface area contributed by atoms with Crippen LogP contribution in [0.1, 0.15) is 0 Å². The van der Waals surface area contributed by atoms with Gasteiger partial charge in [-0.05, 0) is 0 Å². The van der Waals surface area contributed by atoms with Crippen LogP contribution in [-0.2, 0) is 0 Å². The molecule has 0 radical (unpaired) electrons. The van der Waals surface area contributed by atoms with E-state index in [0.717, 1.165) is 13.3 Å². The average molecular weight is 118 g/mol. The molecule has 4 nitrogen and oxygen atoms in total. The summed E-state index contributed by atoms with van der Waals surface area (Å²) in [7, 11) is 0. The Kier molecular flexibility index (Phi) is 0.781. The van der Waals surface area contributed by atoms with Gasteiger partial charge in [0.1, 0.15) is 0 Å². The second kappa shape index (κ2) is 1.33. The van der Waals surface area contributed by atoms with Crippen molar-refractivity contribution in [1.29, 1.82) is 0 Å². The van der Waals surface area contributed by atoms with Gasteiger partial charge in [-0.2, -0.15) is 8.83 Å². The molecule has 0 aromatic carbocycles. The number of nitrogens with one attached hydrogen (secondary N) is 2. The predicted molar refractivity (Wildman–Crippen MR) is 27.3 cm³/mol. The molecule has 2 heterocycles. The third-order valence-corrected chi connectivity index (χ3v) is 1.68. The van der Waals surface area contributed by atoms with Crippen molar-refractivity contribution in [1.82, 2.24) is 19.7 Å². The van der Waals surface area contributed by atoms with Gasteiger partial charge in [0.2, 0.25) is 0 Å². The first-order chi connectivity index (χ1) is 3.45. The fourth-order valence-corrected chi connectivity index (χ4v) is 0.877. The molecule has 2 unspecified atom stereocenters. The summed E-state index contributed by atoms with van der Waals surface area (Å²) in [6.07, 6.45) is 0. The lowest BCUT2D eigenvalue weighted by molar-refractivity contribution is 0.769. The standard InChI is InChI=1S/C2H6N4S/c1-3-5(1)7-6-2-4-6/h3-4H,1-2H2. The third-order valence-electron chi connectivity index (χ3n) is 0.772. The Morgan fingerprint density at radius 3 is 1.86 bits per heavy atom. The van der Waals surface area contributed by atoms with Gasteiger partial charge >= 0.3 is 0 Å². The van der Waals surface area contributed by atoms with Gasteiger partial charge in [-0.25, -0.2) is 10.9 Å². The summed E-state index contributed by atoms with van der Waals surface area (Å²) in [5.41, 5.74) is 6.04. The first kappa shape index (κ1) is 4.11. The van der Waals surface area contributed by atoms with Crippen LogP contribution in [-0.4, -0.2) is 22.2 Å². The molecule has 2 N–H and O–H groups in total. The fourth-order valence-electron chi connectivity index (χ4n) is 0.292. The Balaban J connectivity index is 1.69. The molecule has 0 bridgehead atoms. The molecular weight excluding hydrogens is 112 g/mol. The van der Waals surface area contributed by atoms with Crippen molar-refractivity contribution in [3.05, 3.63) is 0 Å². The highest BCUT2D eigenvalue weighted by molar-refractivity contribution is 7.94. The average Bonchev–Trinajstić information content (AvgIpc) is 2.33. The Labute approximate surface area is 46.0 Å². The van der Waals surface area contributed by atoms with Gasteiger partial charge in [0.25, 0.3) is 0 Å². The number of hydrogen-bond acceptors (Lipinski definition) is 5. The van der Waals surface area contributed by atoms with E-state index in [4.69, 9.17) is 0 Å². The van der Waals surface area contributed by atoms with Crippen molar-refractivity contribution in [3.63, 3.8) is 0 Å². The quantitative estimate of drug-likeness (QED) is 0.364. The van der Waals surface area contributed by atoms with E-state index in [2.05, 4.69) is 10.9 Å². The maximum atomic E-state index is 3.02. The smallest absolute Gasteiger partial charge is 0.0890 e. The first-order valence-corrected chi connectivity index (χ1v) is 2.88. The normalized spacial score (nSPS) is 46.3. The Hall–Kier alpha value is 0.190. The van der Waals surface area contributed by atoms with E-state index in [-0.39, 0.29) is 0 Å². The summed E-state index contributed by atoms with van der Waals surface area (Å²) in [5, 5.41) is 0. The number of hydrazine groups is 2. The lowest BCUT2D eigenvalue weighted by atomic mass is 11.4. The Morgan fingerprint density at radius 1 is 1.14 bits per heavy atom. The lowest BCUT2D eigenvalue weighted by Crippen LogP contribution is -1.94. The molecule has 7 heavy (non-hydrogen) atoms. The molecule has 0 aromatic rings. The zero-order valence-corrected chi connectivity index (χ0v) is 4.53. The molecule has 2 rings (SSSR count). The molecule has 2 saturated heterocycles. The first-order valence-electron chi connectivity index (χ1n) is 2.15. The fraction of sp³-hybridized carbons (Fsp3) is 1.00. The van der Waals surface area contributed by atoms with Gasteiger partial charge in [-0.15, -0.1) is 0 Å². The van der Waals surface area contributed by atoms with Gasteiger partial charge in [-0.1, -0.05) is 0 Å². The molecule has 2 aliphatic rings. The molecule has 0 aromatic heterocycles. The number of hydrogen-bond donors (Lipinski definition) is 2. The van der Waals surface area contributed by atoms with E-state index in [1.54, 1.807) is 12.1 Å². The zero-order chi connectivity index (χ0) is 4.69. The van der Waals surface area contributed by atoms with Gasteiger partial charge in [0, 0.05) is 12.1 Å². The Morgan fingerprint density at radius 2 is 1.57 bits per heavy atom. The third kappa shape index (κ3) is 1.05. The van der Waals surface area contributed by atoms with Crippen LogP contribution in [0.15, 0.2) is 0 Å². The van der Waals surface area contributed by atoms with Crippen LogP contribution in [0.2, 0.25) is 0 Å². The van der Waals surface area contributed by atoms with Gasteiger partial charge in [0.15, 0.2) is 0 Å². The summed E-state index contributed by atoms with van der Waals surface area (Å²) >= 11 is 1.68. The highest BCUT2D eigenvalue weighted by Gasteiger charge is 2.26. The molecule has 2 fully saturated rings. The van der Waals surface area contributed by atoms with Gasteiger partial charge in [-0.3, -0.25) is 0 Å². The maximum Gasteiger partial charge on any atom is 0.0890 e. The SMILES string of the molecule is C1NN1SN1CN1. The minimum atomic E-state index is 1.02. The molecule has 2 aliphatic heterocycles. The maximum absolute atomic E-state index is 3.02. The number of nitrogens with zero attached hydrogens (tertiary/aromatic N) is 2. The lowest BCUT2D eigenvalue weighted by Gasteiger charge is -1.90. The van der Waals surface area contributed by atoms with E-state index < -0.39 is 0 Å². The van der Waals surface area contributed by atoms with Crippen LogP contribution in [0.25, 0.3) is 0 Å². The molecule has 0 spiro atoms. The van der Waals surface area contributed by atoms with E-state index in [1.807, 2.05) is 8.83 Å². The van der Waals surface area contributed by atoms with E-state index in [9.17, 15) is 0 Å². The zero-order valence-electron chi connectivity index (χ0n) is 3.72. The minimum Gasteiger partial charge on any atom is -0.226 e. The largest absolute Gasteiger partial charge is 0.226 e. The summed E-state index contributed by atoms with van der Waals surface area (Å²) in [4.78, 5) is 0. The van der Waals surface area contributed by atoms with E-state index in [1.165, 1.54) is 0 Å². The summed E-state index contributed by atoms with van der Waals surface area (Å²) in [5.74, 6) is 0. The number of rotatable bonds is 2. The molecule has 0 aliphatic carbocycles. The summed E-state index contributed by atoms with van der Waals surface area (Å²) in [6, 6.07) is 0. The van der Waals surface area contributed by atoms with Crippen LogP contribution in [0.5, 0.6) is 0 Å². The monoisotopic (exact) mass is 118 g/mol. The topological polar surface area (TPSA) is 49.9 Å². The van der Waals surface area contributed by atoms with Crippen LogP contribution in [0, 0.1) is 0 Å². The van der Waals surface area contributed by atoms with Crippen molar-refractivity contribution in [2.75, 3.05) is 13.3 Å². The second-order valence-corrected chi connectivity index (χ2v) is 2.52. The molecule has 40 valence electrons. The van der Waals surface area contributed by atoms with Crippen LogP contribution < -0.4 is 10.9 Å². The van der Waals surface area contributed by atoms with E-state index >= 15 is 0 Å². The van der Waals surface area contributed by atoms with Crippen molar-refractivity contribution >= 4 is 12.1 Å². The molecule has 2 atom stereocenters. The molecule has 0 amide bonds. The van der Waals surface area contributed by atoms with Gasteiger partial charge in [0.05, 0.1) is 13.3 Å². The van der Waals surface area contributed by atoms with Gasteiger partial charge < -0.3 is 0 Å². The molecule has 0 saturated carbocycles. The van der Waals surface area contributed by atoms with Crippen molar-refractivity contribution in [2.24, 2.45) is 0 Å². The van der Waals surface area contributed by atoms with Crippen molar-refractivity contribution in [3.8, 4) is 0 Å². The molecular formula is C2H6N4S. The highest BCUT2D eigenvalue weighted by atomic mass is 32.2. The van der Waals surface area contributed by atoms with Crippen LogP contribution in [0.4, 0.5) is 0 Å². The summed E-state index contributed by atoms with van der Waals surface area (Å²) < 4.78 is 4.08. The predicted octanol–water partition coefficient (Wildman–Crippen LogP) is -0.895. The molecule has 5 heteroatoms. The van der Waals surface area contributed by atoms with Crippen LogP contribution in [0.3, 0.4) is 0 Å². The summed E-state index contributed by atoms with van der Waals surface area (Å²) in [6.45, 7) is 2.03. The van der Waals surface area contributed by atoms with Crippen molar-refractivity contribution in [2.45, 2.75) is 0 Å². The highest BCUT2D eigenvalue weighted by Crippen LogP contribution is 2.20. The van der Waals surface area contributed by atoms with Crippen molar-refractivity contribution < 1.29 is 0 Å². The Bertz CT molecular complexity index is 67.8. The minimum absolute atomic E-state index is 1.02. The van der Waals surface area contributed by atoms with E-state index in [0.29, 0.717) is 0 Å². The second-order valence-electron chi connectivity index (χ2n) is 1.47. The van der Waals surface area contributed by atoms with Crippen LogP contribution >= 0.6 is 12.1 Å².